The van der Waals surface area contributed by atoms with Gasteiger partial charge in [0.25, 0.3) is 5.91 Å². The van der Waals surface area contributed by atoms with E-state index in [-0.39, 0.29) is 5.91 Å². The molecule has 0 saturated carbocycles. The molecule has 0 N–H and O–H groups in total. The Kier molecular flexibility index (Phi) is 2.41. The molecule has 10 heavy (non-hydrogen) atoms. The molecule has 1 atom stereocenters. The Hall–Kier alpha value is -0.400. The fourth-order valence-electron chi connectivity index (χ4n) is 0.921. The fraction of sp³-hybridized carbons (Fsp3) is 0.500. The topological polar surface area (TPSA) is 29.5 Å². The van der Waals surface area contributed by atoms with Gasteiger partial charge in [-0.05, 0) is 12.8 Å². The summed E-state index contributed by atoms with van der Waals surface area (Å²) in [5.74, 6) is -0.0961. The second-order valence-electron chi connectivity index (χ2n) is 2.22. The molecule has 3 nitrogen and oxygen atoms in total. The van der Waals surface area contributed by atoms with Crippen molar-refractivity contribution in [3.05, 3.63) is 12.2 Å². The molecule has 0 aromatic rings. The smallest absolute Gasteiger partial charge is 0.267 e. The van der Waals surface area contributed by atoms with Crippen molar-refractivity contribution < 1.29 is 9.42 Å². The lowest BCUT2D eigenvalue weighted by molar-refractivity contribution is -0.152. The standard InChI is InChI=1S/C6H10NO2P/c1-5-3-2-4-7(9-10)6(5)8/h1-4,10H2. The highest BCUT2D eigenvalue weighted by Gasteiger charge is 2.20. The molecule has 0 spiro atoms. The molecule has 56 valence electrons. The Morgan fingerprint density at radius 3 is 2.90 bits per heavy atom. The van der Waals surface area contributed by atoms with Crippen molar-refractivity contribution in [1.29, 1.82) is 0 Å². The highest BCUT2D eigenvalue weighted by Crippen LogP contribution is 2.16. The molecule has 1 heterocycles. The Bertz CT molecular complexity index is 169. The lowest BCUT2D eigenvalue weighted by Crippen LogP contribution is -2.34. The largest absolute Gasteiger partial charge is 0.272 e. The Balaban J connectivity index is 2.60. The van der Waals surface area contributed by atoms with Crippen LogP contribution in [0, 0.1) is 0 Å². The second-order valence-corrected chi connectivity index (χ2v) is 2.43. The molecule has 1 amide bonds. The third-order valence-electron chi connectivity index (χ3n) is 1.50. The molecule has 1 rings (SSSR count). The van der Waals surface area contributed by atoms with Crippen LogP contribution < -0.4 is 0 Å². The molecule has 4 heteroatoms. The van der Waals surface area contributed by atoms with E-state index in [9.17, 15) is 4.79 Å². The number of carbonyl (C=O) groups excluding carboxylic acids is 1. The van der Waals surface area contributed by atoms with Crippen molar-refractivity contribution in [2.24, 2.45) is 0 Å². The maximum atomic E-state index is 11.0. The number of hydrogen-bond donors (Lipinski definition) is 0. The van der Waals surface area contributed by atoms with Crippen LogP contribution in [0.1, 0.15) is 12.8 Å². The molecule has 1 aliphatic rings. The summed E-state index contributed by atoms with van der Waals surface area (Å²) in [6.45, 7) is 4.28. The minimum absolute atomic E-state index is 0.0961. The molecular weight excluding hydrogens is 149 g/mol. The van der Waals surface area contributed by atoms with Gasteiger partial charge in [-0.2, -0.15) is 0 Å². The van der Waals surface area contributed by atoms with Gasteiger partial charge in [0, 0.05) is 21.6 Å². The average molecular weight is 159 g/mol. The number of nitrogens with zero attached hydrogens (tertiary/aromatic N) is 1. The van der Waals surface area contributed by atoms with Gasteiger partial charge < -0.3 is 0 Å². The summed E-state index contributed by atoms with van der Waals surface area (Å²) in [7, 11) is 2.05. The molecule has 1 saturated heterocycles. The molecule has 0 radical (unpaired) electrons. The molecule has 0 aliphatic carbocycles. The quantitative estimate of drug-likeness (QED) is 0.420. The summed E-state index contributed by atoms with van der Waals surface area (Å²) < 4.78 is 4.71. The van der Waals surface area contributed by atoms with Crippen LogP contribution in [0.2, 0.25) is 0 Å². The van der Waals surface area contributed by atoms with E-state index in [1.165, 1.54) is 5.06 Å². The van der Waals surface area contributed by atoms with Crippen LogP contribution in [0.15, 0.2) is 12.2 Å². The summed E-state index contributed by atoms with van der Waals surface area (Å²) in [6.07, 6.45) is 1.74. The van der Waals surface area contributed by atoms with E-state index in [4.69, 9.17) is 4.62 Å². The first kappa shape index (κ1) is 7.70. The minimum atomic E-state index is -0.0961. The molecular formula is C6H10NO2P. The second kappa shape index (κ2) is 3.13. The molecule has 0 aromatic carbocycles. The average Bonchev–Trinajstić information content (AvgIpc) is 1.95. The van der Waals surface area contributed by atoms with Gasteiger partial charge in [-0.15, -0.1) is 0 Å². The minimum Gasteiger partial charge on any atom is -0.267 e. The predicted molar refractivity (Wildman–Crippen MR) is 40.9 cm³/mol. The lowest BCUT2D eigenvalue weighted by Gasteiger charge is -2.24. The van der Waals surface area contributed by atoms with Gasteiger partial charge in [-0.3, -0.25) is 9.42 Å². The molecule has 1 fully saturated rings. The third-order valence-corrected chi connectivity index (χ3v) is 1.75. The Labute approximate surface area is 62.3 Å². The van der Waals surface area contributed by atoms with Crippen LogP contribution in [-0.2, 0) is 9.42 Å². The summed E-state index contributed by atoms with van der Waals surface area (Å²) in [4.78, 5) is 11.0. The van der Waals surface area contributed by atoms with Gasteiger partial charge in [-0.25, -0.2) is 5.06 Å². The normalized spacial score (nSPS) is 19.9. The zero-order valence-corrected chi connectivity index (χ0v) is 6.82. The number of piperidine rings is 1. The third kappa shape index (κ3) is 1.36. The van der Waals surface area contributed by atoms with Gasteiger partial charge in [-0.1, -0.05) is 6.58 Å². The SMILES string of the molecule is C=C1CCCN(OP)C1=O. The van der Waals surface area contributed by atoms with Crippen LogP contribution in [0.5, 0.6) is 0 Å². The van der Waals surface area contributed by atoms with Gasteiger partial charge >= 0.3 is 0 Å². The first-order valence-electron chi connectivity index (χ1n) is 3.12. The zero-order valence-electron chi connectivity index (χ0n) is 5.67. The maximum Gasteiger partial charge on any atom is 0.272 e. The van der Waals surface area contributed by atoms with Gasteiger partial charge in [0.05, 0.1) is 0 Å². The first-order chi connectivity index (χ1) is 4.75. The molecule has 0 bridgehead atoms. The van der Waals surface area contributed by atoms with Crippen LogP contribution in [0.3, 0.4) is 0 Å². The van der Waals surface area contributed by atoms with E-state index >= 15 is 0 Å². The van der Waals surface area contributed by atoms with E-state index in [0.29, 0.717) is 12.1 Å². The summed E-state index contributed by atoms with van der Waals surface area (Å²) in [5.41, 5.74) is 0.633. The van der Waals surface area contributed by atoms with E-state index in [1.54, 1.807) is 0 Å². The number of hydroxylamine groups is 2. The first-order valence-corrected chi connectivity index (χ1v) is 3.59. The number of carbonyl (C=O) groups is 1. The highest BCUT2D eigenvalue weighted by molar-refractivity contribution is 7.09. The van der Waals surface area contributed by atoms with Gasteiger partial charge in [0.1, 0.15) is 0 Å². The van der Waals surface area contributed by atoms with E-state index in [1.807, 2.05) is 0 Å². The van der Waals surface area contributed by atoms with Gasteiger partial charge in [0.2, 0.25) is 0 Å². The monoisotopic (exact) mass is 159 g/mol. The molecule has 1 unspecified atom stereocenters. The Morgan fingerprint density at radius 2 is 2.40 bits per heavy atom. The van der Waals surface area contributed by atoms with E-state index < -0.39 is 0 Å². The lowest BCUT2D eigenvalue weighted by atomic mass is 10.1. The zero-order chi connectivity index (χ0) is 7.56. The summed E-state index contributed by atoms with van der Waals surface area (Å²) in [5, 5.41) is 1.30. The highest BCUT2D eigenvalue weighted by atomic mass is 31.0. The predicted octanol–water partition coefficient (Wildman–Crippen LogP) is 0.887. The van der Waals surface area contributed by atoms with Crippen LogP contribution in [0.4, 0.5) is 0 Å². The molecule has 0 aromatic heterocycles. The molecule has 1 aliphatic heterocycles. The van der Waals surface area contributed by atoms with Crippen molar-refractivity contribution in [2.75, 3.05) is 6.54 Å². The summed E-state index contributed by atoms with van der Waals surface area (Å²) >= 11 is 0. The van der Waals surface area contributed by atoms with Crippen LogP contribution in [-0.4, -0.2) is 17.5 Å². The van der Waals surface area contributed by atoms with Crippen molar-refractivity contribution in [3.8, 4) is 0 Å². The number of amides is 1. The number of hydrogen-bond acceptors (Lipinski definition) is 2. The summed E-state index contributed by atoms with van der Waals surface area (Å²) in [6, 6.07) is 0. The van der Waals surface area contributed by atoms with Crippen LogP contribution in [0.25, 0.3) is 0 Å². The van der Waals surface area contributed by atoms with E-state index in [2.05, 4.69) is 16.0 Å². The van der Waals surface area contributed by atoms with Crippen molar-refractivity contribution in [1.82, 2.24) is 5.06 Å². The maximum absolute atomic E-state index is 11.0. The van der Waals surface area contributed by atoms with Gasteiger partial charge in [0.15, 0.2) is 0 Å². The van der Waals surface area contributed by atoms with Crippen molar-refractivity contribution in [2.45, 2.75) is 12.8 Å². The van der Waals surface area contributed by atoms with Crippen molar-refractivity contribution in [3.63, 3.8) is 0 Å². The van der Waals surface area contributed by atoms with Crippen molar-refractivity contribution >= 4 is 15.4 Å². The van der Waals surface area contributed by atoms with E-state index in [0.717, 1.165) is 12.8 Å². The number of rotatable bonds is 1. The van der Waals surface area contributed by atoms with Crippen LogP contribution >= 0.6 is 9.47 Å². The fourth-order valence-corrected chi connectivity index (χ4v) is 1.12. The Morgan fingerprint density at radius 1 is 1.70 bits per heavy atom.